The van der Waals surface area contributed by atoms with E-state index in [0.717, 1.165) is 24.0 Å². The molecule has 90 valence electrons. The number of aliphatic hydroxyl groups is 1. The molecule has 0 spiro atoms. The molecule has 1 aliphatic carbocycles. The standard InChI is InChI=1S/C13H20O3/c1-9(2)11-5-6-13(4,10(11)3)12(15)16-8-7-14/h11,14H,1,3,5-8H2,2,4H3. The normalized spacial score (nSPS) is 29.2. The summed E-state index contributed by atoms with van der Waals surface area (Å²) < 4.78 is 5.00. The van der Waals surface area contributed by atoms with Crippen LogP contribution >= 0.6 is 0 Å². The Morgan fingerprint density at radius 1 is 1.69 bits per heavy atom. The second-order valence-corrected chi connectivity index (χ2v) is 4.65. The number of hydrogen-bond acceptors (Lipinski definition) is 3. The Bertz CT molecular complexity index is 319. The van der Waals surface area contributed by atoms with Crippen molar-refractivity contribution in [3.8, 4) is 0 Å². The third kappa shape index (κ3) is 2.19. The molecule has 3 heteroatoms. The van der Waals surface area contributed by atoms with Crippen LogP contribution in [0, 0.1) is 11.3 Å². The highest BCUT2D eigenvalue weighted by atomic mass is 16.5. The molecule has 3 nitrogen and oxygen atoms in total. The summed E-state index contributed by atoms with van der Waals surface area (Å²) in [5, 5.41) is 8.63. The summed E-state index contributed by atoms with van der Waals surface area (Å²) in [5.74, 6) is -0.0676. The Morgan fingerprint density at radius 2 is 2.31 bits per heavy atom. The summed E-state index contributed by atoms with van der Waals surface area (Å²) in [4.78, 5) is 11.9. The lowest BCUT2D eigenvalue weighted by Crippen LogP contribution is -2.30. The average Bonchev–Trinajstić information content (AvgIpc) is 2.53. The van der Waals surface area contributed by atoms with Crippen LogP contribution in [-0.2, 0) is 9.53 Å². The number of carbonyl (C=O) groups is 1. The number of hydrogen-bond donors (Lipinski definition) is 1. The van der Waals surface area contributed by atoms with E-state index >= 15 is 0 Å². The van der Waals surface area contributed by atoms with E-state index in [2.05, 4.69) is 13.2 Å². The lowest BCUT2D eigenvalue weighted by Gasteiger charge is -2.24. The number of esters is 1. The molecule has 0 bridgehead atoms. The van der Waals surface area contributed by atoms with Gasteiger partial charge in [-0.25, -0.2) is 0 Å². The van der Waals surface area contributed by atoms with Gasteiger partial charge in [0.1, 0.15) is 6.61 Å². The summed E-state index contributed by atoms with van der Waals surface area (Å²) in [7, 11) is 0. The minimum atomic E-state index is -0.612. The van der Waals surface area contributed by atoms with Crippen molar-refractivity contribution in [2.75, 3.05) is 13.2 Å². The fourth-order valence-corrected chi connectivity index (χ4v) is 2.23. The van der Waals surface area contributed by atoms with Crippen molar-refractivity contribution in [3.63, 3.8) is 0 Å². The molecule has 1 fully saturated rings. The van der Waals surface area contributed by atoms with E-state index in [9.17, 15) is 4.79 Å². The summed E-state index contributed by atoms with van der Waals surface area (Å²) in [6.07, 6.45) is 1.65. The molecule has 0 aliphatic heterocycles. The molecular weight excluding hydrogens is 204 g/mol. The van der Waals surface area contributed by atoms with Gasteiger partial charge in [0.05, 0.1) is 12.0 Å². The van der Waals surface area contributed by atoms with Gasteiger partial charge in [-0.05, 0) is 26.7 Å². The minimum Gasteiger partial charge on any atom is -0.463 e. The topological polar surface area (TPSA) is 46.5 Å². The Labute approximate surface area is 96.8 Å². The number of allylic oxidation sites excluding steroid dienone is 1. The number of aliphatic hydroxyl groups excluding tert-OH is 1. The first-order valence-corrected chi connectivity index (χ1v) is 5.56. The molecule has 0 aromatic carbocycles. The average molecular weight is 224 g/mol. The van der Waals surface area contributed by atoms with Crippen LogP contribution in [0.1, 0.15) is 26.7 Å². The van der Waals surface area contributed by atoms with Crippen LogP contribution < -0.4 is 0 Å². The summed E-state index contributed by atoms with van der Waals surface area (Å²) in [5.41, 5.74) is 1.32. The fraction of sp³-hybridized carbons (Fsp3) is 0.615. The maximum absolute atomic E-state index is 11.9. The molecule has 1 N–H and O–H groups in total. The summed E-state index contributed by atoms with van der Waals surface area (Å²) >= 11 is 0. The van der Waals surface area contributed by atoms with Crippen molar-refractivity contribution >= 4 is 5.97 Å². The van der Waals surface area contributed by atoms with E-state index in [1.807, 2.05) is 13.8 Å². The van der Waals surface area contributed by atoms with Crippen LogP contribution in [-0.4, -0.2) is 24.3 Å². The predicted octanol–water partition coefficient (Wildman–Crippen LogP) is 2.07. The minimum absolute atomic E-state index is 0.0550. The smallest absolute Gasteiger partial charge is 0.316 e. The van der Waals surface area contributed by atoms with Crippen molar-refractivity contribution in [3.05, 3.63) is 24.3 Å². The van der Waals surface area contributed by atoms with Gasteiger partial charge in [-0.1, -0.05) is 24.3 Å². The monoisotopic (exact) mass is 224 g/mol. The molecule has 0 aromatic heterocycles. The maximum atomic E-state index is 11.9. The van der Waals surface area contributed by atoms with E-state index in [-0.39, 0.29) is 25.1 Å². The van der Waals surface area contributed by atoms with E-state index < -0.39 is 5.41 Å². The van der Waals surface area contributed by atoms with Gasteiger partial charge in [0, 0.05) is 5.92 Å². The van der Waals surface area contributed by atoms with Crippen LogP contribution in [0.3, 0.4) is 0 Å². The van der Waals surface area contributed by atoms with E-state index in [0.29, 0.717) is 0 Å². The van der Waals surface area contributed by atoms with Gasteiger partial charge < -0.3 is 9.84 Å². The molecule has 1 rings (SSSR count). The number of rotatable bonds is 4. The second-order valence-electron chi connectivity index (χ2n) is 4.65. The van der Waals surface area contributed by atoms with E-state index in [1.165, 1.54) is 0 Å². The Morgan fingerprint density at radius 3 is 2.75 bits per heavy atom. The van der Waals surface area contributed by atoms with E-state index in [1.54, 1.807) is 0 Å². The molecule has 0 radical (unpaired) electrons. The quantitative estimate of drug-likeness (QED) is 0.587. The summed E-state index contributed by atoms with van der Waals surface area (Å²) in [6, 6.07) is 0. The molecule has 1 saturated carbocycles. The third-order valence-electron chi connectivity index (χ3n) is 3.43. The summed E-state index contributed by atoms with van der Waals surface area (Å²) in [6.45, 7) is 11.7. The van der Waals surface area contributed by atoms with Crippen molar-refractivity contribution in [2.45, 2.75) is 26.7 Å². The highest BCUT2D eigenvalue weighted by Gasteiger charge is 2.45. The third-order valence-corrected chi connectivity index (χ3v) is 3.43. The molecule has 2 atom stereocenters. The van der Waals surface area contributed by atoms with Gasteiger partial charge in [0.25, 0.3) is 0 Å². The van der Waals surface area contributed by atoms with Crippen molar-refractivity contribution in [1.29, 1.82) is 0 Å². The van der Waals surface area contributed by atoms with Crippen molar-refractivity contribution in [1.82, 2.24) is 0 Å². The molecule has 0 amide bonds. The zero-order valence-electron chi connectivity index (χ0n) is 10.1. The first-order chi connectivity index (χ1) is 7.43. The Kier molecular flexibility index (Phi) is 3.92. The fourth-order valence-electron chi connectivity index (χ4n) is 2.23. The van der Waals surface area contributed by atoms with Crippen LogP contribution in [0.25, 0.3) is 0 Å². The van der Waals surface area contributed by atoms with Gasteiger partial charge in [0.15, 0.2) is 0 Å². The SMILES string of the molecule is C=C(C)C1CCC(C)(C(=O)OCCO)C1=C. The van der Waals surface area contributed by atoms with Crippen LogP contribution in [0.4, 0.5) is 0 Å². The van der Waals surface area contributed by atoms with E-state index in [4.69, 9.17) is 9.84 Å². The predicted molar refractivity (Wildman–Crippen MR) is 62.8 cm³/mol. The molecule has 0 saturated heterocycles. The molecular formula is C13H20O3. The van der Waals surface area contributed by atoms with Gasteiger partial charge in [-0.15, -0.1) is 0 Å². The van der Waals surface area contributed by atoms with Gasteiger partial charge in [-0.3, -0.25) is 4.79 Å². The first kappa shape index (κ1) is 13.0. The largest absolute Gasteiger partial charge is 0.463 e. The second kappa shape index (κ2) is 4.83. The maximum Gasteiger partial charge on any atom is 0.316 e. The Hall–Kier alpha value is -1.09. The van der Waals surface area contributed by atoms with Gasteiger partial charge in [0.2, 0.25) is 0 Å². The molecule has 0 heterocycles. The highest BCUT2D eigenvalue weighted by Crippen LogP contribution is 2.48. The molecule has 1 aliphatic rings. The van der Waals surface area contributed by atoms with Crippen molar-refractivity contribution < 1.29 is 14.6 Å². The van der Waals surface area contributed by atoms with Crippen LogP contribution in [0.5, 0.6) is 0 Å². The zero-order chi connectivity index (χ0) is 12.3. The van der Waals surface area contributed by atoms with Gasteiger partial charge >= 0.3 is 5.97 Å². The molecule has 16 heavy (non-hydrogen) atoms. The molecule has 2 unspecified atom stereocenters. The lowest BCUT2D eigenvalue weighted by atomic mass is 9.82. The lowest BCUT2D eigenvalue weighted by molar-refractivity contribution is -0.153. The zero-order valence-corrected chi connectivity index (χ0v) is 10.1. The van der Waals surface area contributed by atoms with Gasteiger partial charge in [-0.2, -0.15) is 0 Å². The Balaban J connectivity index is 2.76. The number of carbonyl (C=O) groups excluding carboxylic acids is 1. The highest BCUT2D eigenvalue weighted by molar-refractivity contribution is 5.81. The van der Waals surface area contributed by atoms with Crippen LogP contribution in [0.2, 0.25) is 0 Å². The number of ether oxygens (including phenoxy) is 1. The van der Waals surface area contributed by atoms with Crippen LogP contribution in [0.15, 0.2) is 24.3 Å². The van der Waals surface area contributed by atoms with Crippen molar-refractivity contribution in [2.24, 2.45) is 11.3 Å². The molecule has 0 aromatic rings. The first-order valence-electron chi connectivity index (χ1n) is 5.56.